The first-order valence-electron chi connectivity index (χ1n) is 35.3. The first-order chi connectivity index (χ1) is 40.8. The predicted octanol–water partition coefficient (Wildman–Crippen LogP) is 19.3. The molecule has 1 heterocycles. The number of hydrogen-bond donors (Lipinski definition) is 6. The van der Waals surface area contributed by atoms with Crippen molar-refractivity contribution in [2.75, 3.05) is 13.2 Å². The van der Waals surface area contributed by atoms with Crippen LogP contribution in [0.4, 0.5) is 0 Å². The van der Waals surface area contributed by atoms with Gasteiger partial charge in [0.25, 0.3) is 0 Å². The smallest absolute Gasteiger partial charge is 0.220 e. The number of unbranched alkanes of at least 4 members (excludes halogenated alkanes) is 39. The molecule has 7 atom stereocenters. The van der Waals surface area contributed by atoms with E-state index in [1.165, 1.54) is 231 Å². The van der Waals surface area contributed by atoms with Gasteiger partial charge in [0.15, 0.2) is 6.29 Å². The average Bonchev–Trinajstić information content (AvgIpc) is 3.61. The van der Waals surface area contributed by atoms with Crippen LogP contribution in [-0.2, 0) is 14.3 Å². The normalized spacial score (nSPS) is 18.8. The predicted molar refractivity (Wildman–Crippen MR) is 355 cm³/mol. The van der Waals surface area contributed by atoms with E-state index in [0.717, 1.165) is 70.6 Å². The zero-order chi connectivity index (χ0) is 60.0. The van der Waals surface area contributed by atoms with Crippen molar-refractivity contribution in [1.29, 1.82) is 0 Å². The molecule has 0 saturated carbocycles. The fourth-order valence-electron chi connectivity index (χ4n) is 10.9. The van der Waals surface area contributed by atoms with Gasteiger partial charge in [0.1, 0.15) is 24.4 Å². The maximum Gasteiger partial charge on any atom is 0.220 e. The van der Waals surface area contributed by atoms with Crippen molar-refractivity contribution in [3.05, 3.63) is 85.1 Å². The van der Waals surface area contributed by atoms with Crippen molar-refractivity contribution in [3.63, 3.8) is 0 Å². The molecule has 1 aliphatic rings. The SMILES string of the molecule is CC/C=C\C/C=C\C/C=C\C/C=C\CCCCCCCCCCCCCCCCCCCCC(=O)NC(COC1OC(CO)C(O)C(O)C1O)C(O)/C=C/CC/C=C/CC/C=C/CCCCCCCCCCCCCCCCCCCCC. The van der Waals surface area contributed by atoms with E-state index in [2.05, 4.69) is 92.1 Å². The summed E-state index contributed by atoms with van der Waals surface area (Å²) < 4.78 is 11.3. The van der Waals surface area contributed by atoms with Crippen LogP contribution in [-0.4, -0.2) is 87.5 Å². The van der Waals surface area contributed by atoms with Gasteiger partial charge in [0.2, 0.25) is 5.91 Å². The monoisotopic (exact) mass is 1160 g/mol. The van der Waals surface area contributed by atoms with Crippen LogP contribution in [0.2, 0.25) is 0 Å². The minimum atomic E-state index is -1.58. The molecule has 0 radical (unpaired) electrons. The zero-order valence-electron chi connectivity index (χ0n) is 53.9. The lowest BCUT2D eigenvalue weighted by Gasteiger charge is -2.40. The van der Waals surface area contributed by atoms with Crippen LogP contribution in [0.15, 0.2) is 85.1 Å². The molecular weight excluding hydrogens is 1030 g/mol. The van der Waals surface area contributed by atoms with E-state index in [4.69, 9.17) is 9.47 Å². The van der Waals surface area contributed by atoms with Crippen LogP contribution in [0.1, 0.15) is 322 Å². The number of hydrogen-bond acceptors (Lipinski definition) is 8. The maximum absolute atomic E-state index is 13.1. The van der Waals surface area contributed by atoms with Crippen molar-refractivity contribution in [2.45, 2.75) is 365 Å². The summed E-state index contributed by atoms with van der Waals surface area (Å²) in [6.07, 6.45) is 82.7. The number of carbonyl (C=O) groups excluding carboxylic acids is 1. The fraction of sp³-hybridized carbons (Fsp3) is 0.797. The summed E-state index contributed by atoms with van der Waals surface area (Å²) in [5.41, 5.74) is 0. The lowest BCUT2D eigenvalue weighted by atomic mass is 9.99. The number of carbonyl (C=O) groups is 1. The summed E-state index contributed by atoms with van der Waals surface area (Å²) in [4.78, 5) is 13.1. The Labute approximate surface area is 511 Å². The summed E-state index contributed by atoms with van der Waals surface area (Å²) in [7, 11) is 0. The van der Waals surface area contributed by atoms with Gasteiger partial charge in [-0.1, -0.05) is 317 Å². The Morgan fingerprint density at radius 3 is 1.16 bits per heavy atom. The number of nitrogens with one attached hydrogen (secondary N) is 1. The van der Waals surface area contributed by atoms with E-state index in [1.807, 2.05) is 6.08 Å². The zero-order valence-corrected chi connectivity index (χ0v) is 53.9. The highest BCUT2D eigenvalue weighted by atomic mass is 16.7. The third-order valence-corrected chi connectivity index (χ3v) is 16.4. The van der Waals surface area contributed by atoms with Crippen LogP contribution in [0.3, 0.4) is 0 Å². The number of aliphatic hydroxyl groups excluding tert-OH is 5. The van der Waals surface area contributed by atoms with Crippen molar-refractivity contribution < 1.29 is 39.8 Å². The molecule has 1 rings (SSSR count). The molecule has 0 spiro atoms. The Balaban J connectivity index is 2.16. The van der Waals surface area contributed by atoms with Crippen LogP contribution >= 0.6 is 0 Å². The van der Waals surface area contributed by atoms with E-state index in [-0.39, 0.29) is 12.5 Å². The third kappa shape index (κ3) is 51.2. The molecule has 0 aromatic rings. The Morgan fingerprint density at radius 1 is 0.422 bits per heavy atom. The van der Waals surface area contributed by atoms with Crippen molar-refractivity contribution >= 4 is 5.91 Å². The Morgan fingerprint density at radius 2 is 0.759 bits per heavy atom. The van der Waals surface area contributed by atoms with E-state index in [1.54, 1.807) is 6.08 Å². The molecule has 9 nitrogen and oxygen atoms in total. The van der Waals surface area contributed by atoms with Gasteiger partial charge in [-0.2, -0.15) is 0 Å². The van der Waals surface area contributed by atoms with Gasteiger partial charge in [0.05, 0.1) is 25.4 Å². The molecule has 1 saturated heterocycles. The summed E-state index contributed by atoms with van der Waals surface area (Å²) in [5.74, 6) is -0.188. The molecular formula is C74H133NO8. The Kier molecular flexibility index (Phi) is 59.0. The second-order valence-corrected chi connectivity index (χ2v) is 24.3. The summed E-state index contributed by atoms with van der Waals surface area (Å²) in [6, 6.07) is -0.833. The number of ether oxygens (including phenoxy) is 2. The van der Waals surface area contributed by atoms with Gasteiger partial charge in [-0.15, -0.1) is 0 Å². The third-order valence-electron chi connectivity index (χ3n) is 16.4. The summed E-state index contributed by atoms with van der Waals surface area (Å²) in [5, 5.41) is 54.7. The minimum absolute atomic E-state index is 0.188. The van der Waals surface area contributed by atoms with E-state index in [9.17, 15) is 30.3 Å². The quantitative estimate of drug-likeness (QED) is 0.0261. The van der Waals surface area contributed by atoms with Gasteiger partial charge in [-0.3, -0.25) is 4.79 Å². The summed E-state index contributed by atoms with van der Waals surface area (Å²) in [6.45, 7) is 3.68. The van der Waals surface area contributed by atoms with Gasteiger partial charge in [-0.25, -0.2) is 0 Å². The maximum atomic E-state index is 13.1. The topological polar surface area (TPSA) is 149 Å². The molecule has 9 heteroatoms. The molecule has 83 heavy (non-hydrogen) atoms. The highest BCUT2D eigenvalue weighted by Crippen LogP contribution is 2.23. The fourth-order valence-corrected chi connectivity index (χ4v) is 10.9. The molecule has 0 aromatic carbocycles. The molecule has 6 N–H and O–H groups in total. The molecule has 482 valence electrons. The average molecular weight is 1160 g/mol. The molecule has 7 unspecified atom stereocenters. The number of rotatable bonds is 61. The first-order valence-corrected chi connectivity index (χ1v) is 35.3. The molecule has 0 aliphatic carbocycles. The van der Waals surface area contributed by atoms with Crippen molar-refractivity contribution in [1.82, 2.24) is 5.32 Å². The van der Waals surface area contributed by atoms with Gasteiger partial charge in [-0.05, 0) is 83.5 Å². The van der Waals surface area contributed by atoms with Gasteiger partial charge in [0, 0.05) is 6.42 Å². The molecule has 0 aromatic heterocycles. The van der Waals surface area contributed by atoms with Gasteiger partial charge < -0.3 is 40.3 Å². The van der Waals surface area contributed by atoms with E-state index < -0.39 is 49.5 Å². The number of allylic oxidation sites excluding steroid dienone is 13. The standard InChI is InChI=1S/C74H133NO8/c1-3-5-7-9-11-13-15-17-19-21-23-25-27-29-31-33-34-36-38-40-42-44-46-48-50-52-54-56-58-60-62-64-70(78)75-67(66-82-74-73(81)72(80)71(79)69(65-76)83-74)68(77)63-61-59-57-55-53-51-49-47-45-43-41-39-37-35-32-30-28-26-24-22-20-18-16-14-12-10-8-6-4-2/h5,7,11,13,17,19,23,25,45,47,53,55,61,63,67-69,71-74,76-77,79-81H,3-4,6,8-10,12,14-16,18,20-22,24,26-44,46,48-52,54,56-60,62,64-66H2,1-2H3,(H,75,78)/b7-5-,13-11-,19-17-,25-23-,47-45+,55-53+,63-61+. The van der Waals surface area contributed by atoms with E-state index >= 15 is 0 Å². The van der Waals surface area contributed by atoms with Gasteiger partial charge >= 0.3 is 0 Å². The van der Waals surface area contributed by atoms with Crippen LogP contribution in [0.5, 0.6) is 0 Å². The second kappa shape index (κ2) is 62.4. The van der Waals surface area contributed by atoms with Crippen molar-refractivity contribution in [2.24, 2.45) is 0 Å². The largest absolute Gasteiger partial charge is 0.394 e. The molecule has 0 bridgehead atoms. The number of aliphatic hydroxyl groups is 5. The second-order valence-electron chi connectivity index (χ2n) is 24.3. The molecule has 1 amide bonds. The first kappa shape index (κ1) is 78.4. The van der Waals surface area contributed by atoms with E-state index in [0.29, 0.717) is 6.42 Å². The molecule has 1 aliphatic heterocycles. The minimum Gasteiger partial charge on any atom is -0.394 e. The summed E-state index contributed by atoms with van der Waals surface area (Å²) >= 11 is 0. The Bertz CT molecular complexity index is 1590. The lowest BCUT2D eigenvalue weighted by molar-refractivity contribution is -0.302. The highest BCUT2D eigenvalue weighted by molar-refractivity contribution is 5.76. The lowest BCUT2D eigenvalue weighted by Crippen LogP contribution is -2.60. The number of amides is 1. The molecule has 1 fully saturated rings. The Hall–Kier alpha value is -2.63. The van der Waals surface area contributed by atoms with Crippen LogP contribution in [0, 0.1) is 0 Å². The van der Waals surface area contributed by atoms with Crippen LogP contribution in [0.25, 0.3) is 0 Å². The van der Waals surface area contributed by atoms with Crippen molar-refractivity contribution in [3.8, 4) is 0 Å². The van der Waals surface area contributed by atoms with Crippen LogP contribution < -0.4 is 5.32 Å². The highest BCUT2D eigenvalue weighted by Gasteiger charge is 2.44.